The van der Waals surface area contributed by atoms with Crippen LogP contribution in [0.2, 0.25) is 0 Å². The SMILES string of the molecule is C/C(=N\O)C(C)(C)NCCN(CCNC(C)(C)/C(C)=N/O)CCNC(C)(C)/C(C)=N/O. The van der Waals surface area contributed by atoms with E-state index in [2.05, 4.69) is 36.3 Å². The summed E-state index contributed by atoms with van der Waals surface area (Å²) >= 11 is 0. The first-order valence-corrected chi connectivity index (χ1v) is 10.8. The van der Waals surface area contributed by atoms with E-state index < -0.39 is 16.6 Å². The molecule has 0 aliphatic rings. The lowest BCUT2D eigenvalue weighted by molar-refractivity contribution is 0.251. The Morgan fingerprint density at radius 2 is 0.806 bits per heavy atom. The molecule has 182 valence electrons. The third kappa shape index (κ3) is 10.4. The van der Waals surface area contributed by atoms with E-state index in [4.69, 9.17) is 15.6 Å². The molecule has 10 nitrogen and oxygen atoms in total. The van der Waals surface area contributed by atoms with Crippen LogP contribution >= 0.6 is 0 Å². The van der Waals surface area contributed by atoms with Crippen LogP contribution in [-0.4, -0.2) is 93.5 Å². The third-order valence-electron chi connectivity index (χ3n) is 6.15. The van der Waals surface area contributed by atoms with Crippen LogP contribution in [0.1, 0.15) is 62.3 Å². The van der Waals surface area contributed by atoms with Gasteiger partial charge in [-0.1, -0.05) is 15.5 Å². The van der Waals surface area contributed by atoms with Gasteiger partial charge in [0, 0.05) is 39.3 Å². The number of oxime groups is 3. The van der Waals surface area contributed by atoms with Crippen molar-refractivity contribution >= 4 is 17.1 Å². The van der Waals surface area contributed by atoms with E-state index in [1.807, 2.05) is 41.5 Å². The van der Waals surface area contributed by atoms with Gasteiger partial charge in [0.05, 0.1) is 33.8 Å². The first-order chi connectivity index (χ1) is 14.2. The average molecular weight is 444 g/mol. The molecule has 0 aromatic carbocycles. The van der Waals surface area contributed by atoms with Crippen LogP contribution in [0, 0.1) is 0 Å². The van der Waals surface area contributed by atoms with Gasteiger partial charge in [-0.25, -0.2) is 0 Å². The molecule has 0 rings (SSSR count). The minimum absolute atomic E-state index is 0.399. The molecule has 6 N–H and O–H groups in total. The molecule has 0 aromatic rings. The Balaban J connectivity index is 4.93. The van der Waals surface area contributed by atoms with Crippen LogP contribution < -0.4 is 16.0 Å². The Morgan fingerprint density at radius 3 is 1.00 bits per heavy atom. The molecule has 0 unspecified atom stereocenters. The first kappa shape index (κ1) is 29.2. The Morgan fingerprint density at radius 1 is 0.581 bits per heavy atom. The highest BCUT2D eigenvalue weighted by atomic mass is 16.4. The zero-order valence-corrected chi connectivity index (χ0v) is 20.9. The van der Waals surface area contributed by atoms with E-state index in [1.165, 1.54) is 0 Å². The summed E-state index contributed by atoms with van der Waals surface area (Å²) in [7, 11) is 0. The predicted molar refractivity (Wildman–Crippen MR) is 127 cm³/mol. The average Bonchev–Trinajstić information content (AvgIpc) is 2.70. The van der Waals surface area contributed by atoms with Crippen molar-refractivity contribution in [3.63, 3.8) is 0 Å². The molecular weight excluding hydrogens is 398 g/mol. The lowest BCUT2D eigenvalue weighted by Crippen LogP contribution is -2.52. The Kier molecular flexibility index (Phi) is 12.2. The molecule has 0 fully saturated rings. The van der Waals surface area contributed by atoms with Gasteiger partial charge in [0.25, 0.3) is 0 Å². The molecular formula is C21H45N7O3. The number of nitrogens with one attached hydrogen (secondary N) is 3. The van der Waals surface area contributed by atoms with Crippen molar-refractivity contribution in [3.8, 4) is 0 Å². The summed E-state index contributed by atoms with van der Waals surface area (Å²) in [6.07, 6.45) is 0. The highest BCUT2D eigenvalue weighted by molar-refractivity contribution is 5.90. The van der Waals surface area contributed by atoms with Gasteiger partial charge in [-0.15, -0.1) is 0 Å². The molecule has 0 saturated carbocycles. The maximum atomic E-state index is 9.06. The molecule has 0 amide bonds. The standard InChI is InChI=1S/C21H45N7O3/c1-16(25-29)19(4,5)22-10-13-28(14-11-23-20(6,7)17(2)26-30)15-12-24-21(8,9)18(3)27-31/h22-24,29-31H,10-15H2,1-9H3/b25-16+,26-17+,27-18+. The van der Waals surface area contributed by atoms with Crippen molar-refractivity contribution < 1.29 is 15.6 Å². The smallest absolute Gasteiger partial charge is 0.0734 e. The van der Waals surface area contributed by atoms with Gasteiger partial charge in [0.2, 0.25) is 0 Å². The maximum Gasteiger partial charge on any atom is 0.0734 e. The molecule has 31 heavy (non-hydrogen) atoms. The van der Waals surface area contributed by atoms with Gasteiger partial charge < -0.3 is 31.6 Å². The van der Waals surface area contributed by atoms with E-state index in [0.29, 0.717) is 17.1 Å². The number of hydrogen-bond acceptors (Lipinski definition) is 10. The second-order valence-electron chi connectivity index (χ2n) is 9.55. The summed E-state index contributed by atoms with van der Waals surface area (Å²) in [5.74, 6) is 0. The van der Waals surface area contributed by atoms with Crippen molar-refractivity contribution in [3.05, 3.63) is 0 Å². The van der Waals surface area contributed by atoms with Gasteiger partial charge in [-0.3, -0.25) is 4.90 Å². The Hall–Kier alpha value is -1.75. The van der Waals surface area contributed by atoms with Gasteiger partial charge in [0.15, 0.2) is 0 Å². The molecule has 0 spiro atoms. The molecule has 0 bridgehead atoms. The minimum atomic E-state index is -0.399. The molecule has 0 aliphatic heterocycles. The van der Waals surface area contributed by atoms with Gasteiger partial charge >= 0.3 is 0 Å². The second kappa shape index (κ2) is 12.9. The maximum absolute atomic E-state index is 9.06. The summed E-state index contributed by atoms with van der Waals surface area (Å²) in [4.78, 5) is 2.32. The van der Waals surface area contributed by atoms with E-state index >= 15 is 0 Å². The second-order valence-corrected chi connectivity index (χ2v) is 9.55. The molecule has 0 heterocycles. The molecule has 0 radical (unpaired) electrons. The summed E-state index contributed by atoms with van der Waals surface area (Å²) in [6.45, 7) is 21.8. The molecule has 0 saturated heterocycles. The summed E-state index contributed by atoms with van der Waals surface area (Å²) in [5, 5.41) is 47.4. The van der Waals surface area contributed by atoms with Gasteiger partial charge in [0.1, 0.15) is 0 Å². The van der Waals surface area contributed by atoms with Crippen LogP contribution in [0.3, 0.4) is 0 Å². The normalized spacial score (nSPS) is 15.1. The van der Waals surface area contributed by atoms with Crippen molar-refractivity contribution in [1.29, 1.82) is 0 Å². The lowest BCUT2D eigenvalue weighted by atomic mass is 9.99. The molecule has 10 heteroatoms. The Bertz CT molecular complexity index is 543. The van der Waals surface area contributed by atoms with Crippen LogP contribution in [0.4, 0.5) is 0 Å². The van der Waals surface area contributed by atoms with E-state index in [9.17, 15) is 0 Å². The van der Waals surface area contributed by atoms with Crippen molar-refractivity contribution in [1.82, 2.24) is 20.9 Å². The van der Waals surface area contributed by atoms with Gasteiger partial charge in [-0.05, 0) is 62.3 Å². The molecule has 0 atom stereocenters. The van der Waals surface area contributed by atoms with Crippen molar-refractivity contribution in [2.24, 2.45) is 15.5 Å². The summed E-state index contributed by atoms with van der Waals surface area (Å²) < 4.78 is 0. The predicted octanol–water partition coefficient (Wildman–Crippen LogP) is 1.94. The lowest BCUT2D eigenvalue weighted by Gasteiger charge is -2.31. The van der Waals surface area contributed by atoms with Crippen molar-refractivity contribution in [2.45, 2.75) is 78.9 Å². The third-order valence-corrected chi connectivity index (χ3v) is 6.15. The quantitative estimate of drug-likeness (QED) is 0.129. The largest absolute Gasteiger partial charge is 0.411 e. The number of hydrogen-bond donors (Lipinski definition) is 6. The zero-order valence-electron chi connectivity index (χ0n) is 20.9. The summed E-state index contributed by atoms with van der Waals surface area (Å²) in [5.41, 5.74) is 0.689. The van der Waals surface area contributed by atoms with Gasteiger partial charge in [-0.2, -0.15) is 0 Å². The molecule has 0 aliphatic carbocycles. The highest BCUT2D eigenvalue weighted by Gasteiger charge is 2.24. The van der Waals surface area contributed by atoms with E-state index in [-0.39, 0.29) is 0 Å². The van der Waals surface area contributed by atoms with Crippen LogP contribution in [-0.2, 0) is 0 Å². The van der Waals surface area contributed by atoms with E-state index in [0.717, 1.165) is 39.3 Å². The summed E-state index contributed by atoms with van der Waals surface area (Å²) in [6, 6.07) is 0. The monoisotopic (exact) mass is 443 g/mol. The zero-order chi connectivity index (χ0) is 24.3. The van der Waals surface area contributed by atoms with Crippen LogP contribution in [0.25, 0.3) is 0 Å². The van der Waals surface area contributed by atoms with Crippen LogP contribution in [0.15, 0.2) is 15.5 Å². The fourth-order valence-corrected chi connectivity index (χ4v) is 2.67. The fraction of sp³-hybridized carbons (Fsp3) is 0.857. The number of nitrogens with zero attached hydrogens (tertiary/aromatic N) is 4. The minimum Gasteiger partial charge on any atom is -0.411 e. The topological polar surface area (TPSA) is 137 Å². The number of rotatable bonds is 15. The fourth-order valence-electron chi connectivity index (χ4n) is 2.67. The first-order valence-electron chi connectivity index (χ1n) is 10.8. The van der Waals surface area contributed by atoms with Crippen LogP contribution in [0.5, 0.6) is 0 Å². The molecule has 0 aromatic heterocycles. The highest BCUT2D eigenvalue weighted by Crippen LogP contribution is 2.07. The van der Waals surface area contributed by atoms with Crippen molar-refractivity contribution in [2.75, 3.05) is 39.3 Å². The Labute approximate surface area is 187 Å². The van der Waals surface area contributed by atoms with E-state index in [1.54, 1.807) is 20.8 Å².